The van der Waals surface area contributed by atoms with Crippen LogP contribution in [0.5, 0.6) is 0 Å². The number of halogens is 3. The number of rotatable bonds is 6. The summed E-state index contributed by atoms with van der Waals surface area (Å²) >= 11 is 6.14. The normalized spacial score (nSPS) is 32.7. The van der Waals surface area contributed by atoms with E-state index in [9.17, 15) is 23.8 Å². The molecule has 5 rings (SSSR count). The Labute approximate surface area is 203 Å². The van der Waals surface area contributed by atoms with Crippen LogP contribution in [0.3, 0.4) is 0 Å². The van der Waals surface area contributed by atoms with Gasteiger partial charge in [-0.25, -0.2) is 23.7 Å². The summed E-state index contributed by atoms with van der Waals surface area (Å²) in [4.78, 5) is 27.0. The maximum Gasteiger partial charge on any atom is 0.275 e. The average Bonchev–Trinajstić information content (AvgIpc) is 3.23. The summed E-state index contributed by atoms with van der Waals surface area (Å²) in [6, 6.07) is -1.25. The van der Waals surface area contributed by atoms with Crippen LogP contribution in [0.2, 0.25) is 0 Å². The van der Waals surface area contributed by atoms with Gasteiger partial charge in [-0.15, -0.1) is 0 Å². The Hall–Kier alpha value is -2.96. The van der Waals surface area contributed by atoms with E-state index >= 15 is 0 Å². The van der Waals surface area contributed by atoms with E-state index in [1.54, 1.807) is 0 Å². The highest BCUT2D eigenvalue weighted by Crippen LogP contribution is 2.53. The van der Waals surface area contributed by atoms with Gasteiger partial charge >= 0.3 is 0 Å². The van der Waals surface area contributed by atoms with Crippen molar-refractivity contribution >= 4 is 39.5 Å². The van der Waals surface area contributed by atoms with Gasteiger partial charge in [0.25, 0.3) is 5.91 Å². The lowest BCUT2D eigenvalue weighted by atomic mass is 10.1. The third-order valence-electron chi connectivity index (χ3n) is 6.91. The van der Waals surface area contributed by atoms with Gasteiger partial charge in [0.2, 0.25) is 0 Å². The highest BCUT2D eigenvalue weighted by molar-refractivity contribution is 6.69. The standard InChI is InChI=1S/C22H24ClF2N7O3/c1-8(24)5-26-19(23)9(2)13-3-10(25)6-32(13)22(35)16-14-20(27-7-28-21(14)31-30-16)29-15-11-4-12(11)17(33)18(15)34/h5,7,10-13,15,17-18,33-34H,2-4,6H2,1H3,(H2,27,28,29,30,31)/b8-5+,26-19+/t10-,11-,12+,13+,15+,17+,18-/m0/s1. The van der Waals surface area contributed by atoms with E-state index in [1.807, 2.05) is 0 Å². The number of allylic oxidation sites excluding steroid dienone is 1. The number of H-pyrrole nitrogens is 1. The minimum Gasteiger partial charge on any atom is -0.390 e. The highest BCUT2D eigenvalue weighted by Gasteiger charge is 2.59. The molecule has 1 aliphatic heterocycles. The first-order valence-electron chi connectivity index (χ1n) is 11.2. The number of nitrogens with one attached hydrogen (secondary N) is 2. The first-order valence-corrected chi connectivity index (χ1v) is 11.6. The number of amides is 1. The first kappa shape index (κ1) is 23.8. The molecular weight excluding hydrogens is 484 g/mol. The van der Waals surface area contributed by atoms with E-state index in [4.69, 9.17) is 11.6 Å². The molecule has 2 aliphatic carbocycles. The third-order valence-corrected chi connectivity index (χ3v) is 7.25. The molecule has 13 heteroatoms. The Morgan fingerprint density at radius 3 is 2.80 bits per heavy atom. The number of hydrogen-bond donors (Lipinski definition) is 4. The predicted octanol–water partition coefficient (Wildman–Crippen LogP) is 2.08. The molecule has 0 aromatic carbocycles. The summed E-state index contributed by atoms with van der Waals surface area (Å²) in [7, 11) is 0. The number of nitrogens with zero attached hydrogens (tertiary/aromatic N) is 5. The third kappa shape index (κ3) is 4.19. The van der Waals surface area contributed by atoms with Crippen molar-refractivity contribution < 1.29 is 23.8 Å². The molecule has 1 amide bonds. The van der Waals surface area contributed by atoms with Crippen LogP contribution < -0.4 is 5.32 Å². The zero-order valence-electron chi connectivity index (χ0n) is 18.7. The van der Waals surface area contributed by atoms with Gasteiger partial charge in [0.1, 0.15) is 35.4 Å². The molecule has 3 aliphatic rings. The van der Waals surface area contributed by atoms with Gasteiger partial charge in [-0.05, 0) is 25.2 Å². The smallest absolute Gasteiger partial charge is 0.275 e. The minimum atomic E-state index is -1.33. The Balaban J connectivity index is 1.45. The number of aliphatic hydroxyl groups is 2. The van der Waals surface area contributed by atoms with E-state index in [0.717, 1.165) is 12.6 Å². The molecule has 10 nitrogen and oxygen atoms in total. The molecule has 3 heterocycles. The SMILES string of the molecule is C=C(/C(Cl)=N\C=C(/C)F)[C@H]1C[C@H](F)CN1C(=O)c1n[nH]c2ncnc(N[C@H]3[C@H](O)[C@H](O)[C@@H]4C[C@@H]43)c12. The van der Waals surface area contributed by atoms with Gasteiger partial charge in [0.05, 0.1) is 36.3 Å². The lowest BCUT2D eigenvalue weighted by Crippen LogP contribution is -2.39. The number of aliphatic hydroxyl groups excluding tert-OH is 2. The fourth-order valence-electron chi connectivity index (χ4n) is 5.08. The number of aromatic amines is 1. The molecule has 7 atom stereocenters. The Kier molecular flexibility index (Phi) is 6.06. The van der Waals surface area contributed by atoms with E-state index in [0.29, 0.717) is 0 Å². The molecule has 2 aromatic rings. The van der Waals surface area contributed by atoms with Gasteiger partial charge in [-0.1, -0.05) is 18.2 Å². The molecular formula is C22H24ClF2N7O3. The Morgan fingerprint density at radius 1 is 1.34 bits per heavy atom. The zero-order valence-corrected chi connectivity index (χ0v) is 19.5. The lowest BCUT2D eigenvalue weighted by Gasteiger charge is -2.25. The van der Waals surface area contributed by atoms with Gasteiger partial charge in [-0.3, -0.25) is 9.89 Å². The fourth-order valence-corrected chi connectivity index (χ4v) is 5.25. The zero-order chi connectivity index (χ0) is 25.0. The topological polar surface area (TPSA) is 140 Å². The second-order valence-electron chi connectivity index (χ2n) is 9.20. The number of carbonyl (C=O) groups is 1. The second kappa shape index (κ2) is 8.92. The molecule has 2 saturated carbocycles. The molecule has 0 radical (unpaired) electrons. The molecule has 3 fully saturated rings. The number of alkyl halides is 1. The molecule has 4 N–H and O–H groups in total. The van der Waals surface area contributed by atoms with E-state index in [1.165, 1.54) is 18.2 Å². The maximum atomic E-state index is 14.4. The number of fused-ring (bicyclic) bond motifs is 2. The number of hydrogen-bond acceptors (Lipinski definition) is 8. The van der Waals surface area contributed by atoms with Crippen LogP contribution in [0.1, 0.15) is 30.3 Å². The largest absolute Gasteiger partial charge is 0.390 e. The molecule has 1 saturated heterocycles. The number of aliphatic imine (C=N–C) groups is 1. The van der Waals surface area contributed by atoms with Crippen LogP contribution in [-0.2, 0) is 0 Å². The van der Waals surface area contributed by atoms with Crippen LogP contribution in [0.15, 0.2) is 35.5 Å². The summed E-state index contributed by atoms with van der Waals surface area (Å²) < 4.78 is 27.5. The lowest BCUT2D eigenvalue weighted by molar-refractivity contribution is 0.0201. The van der Waals surface area contributed by atoms with Crippen LogP contribution in [-0.4, -0.2) is 83.4 Å². The molecule has 0 unspecified atom stereocenters. The number of carbonyl (C=O) groups excluding carboxylic acids is 1. The first-order chi connectivity index (χ1) is 16.7. The van der Waals surface area contributed by atoms with Crippen molar-refractivity contribution in [3.05, 3.63) is 36.2 Å². The van der Waals surface area contributed by atoms with Crippen LogP contribution in [0, 0.1) is 11.8 Å². The predicted molar refractivity (Wildman–Crippen MR) is 124 cm³/mol. The molecule has 186 valence electrons. The van der Waals surface area contributed by atoms with Crippen molar-refractivity contribution in [3.63, 3.8) is 0 Å². The monoisotopic (exact) mass is 507 g/mol. The van der Waals surface area contributed by atoms with Crippen molar-refractivity contribution in [3.8, 4) is 0 Å². The van der Waals surface area contributed by atoms with E-state index < -0.39 is 42.2 Å². The van der Waals surface area contributed by atoms with Crippen molar-refractivity contribution in [1.82, 2.24) is 25.1 Å². The van der Waals surface area contributed by atoms with Gasteiger partial charge in [0, 0.05) is 12.0 Å². The van der Waals surface area contributed by atoms with Gasteiger partial charge in [-0.2, -0.15) is 5.10 Å². The fraction of sp³-hybridized carbons (Fsp3) is 0.500. The Bertz CT molecular complexity index is 1250. The number of aromatic nitrogens is 4. The van der Waals surface area contributed by atoms with Crippen LogP contribution in [0.25, 0.3) is 11.0 Å². The van der Waals surface area contributed by atoms with Gasteiger partial charge < -0.3 is 20.4 Å². The Morgan fingerprint density at radius 2 is 2.11 bits per heavy atom. The summed E-state index contributed by atoms with van der Waals surface area (Å²) in [5.74, 6) is -0.772. The summed E-state index contributed by atoms with van der Waals surface area (Å²) in [5.41, 5.74) is 0.415. The highest BCUT2D eigenvalue weighted by atomic mass is 35.5. The van der Waals surface area contributed by atoms with E-state index in [-0.39, 0.29) is 58.1 Å². The number of anilines is 1. The quantitative estimate of drug-likeness (QED) is 0.439. The molecule has 35 heavy (non-hydrogen) atoms. The maximum absolute atomic E-state index is 14.4. The van der Waals surface area contributed by atoms with Crippen molar-refractivity contribution in [2.45, 2.75) is 50.2 Å². The van der Waals surface area contributed by atoms with Crippen molar-refractivity contribution in [2.75, 3.05) is 11.9 Å². The average molecular weight is 508 g/mol. The summed E-state index contributed by atoms with van der Waals surface area (Å²) in [6.45, 7) is 4.83. The molecule has 2 aromatic heterocycles. The molecule has 0 spiro atoms. The van der Waals surface area contributed by atoms with Crippen molar-refractivity contribution in [2.24, 2.45) is 16.8 Å². The second-order valence-corrected chi connectivity index (χ2v) is 9.56. The number of likely N-dealkylation sites (tertiary alicyclic amines) is 1. The molecule has 0 bridgehead atoms. The van der Waals surface area contributed by atoms with Crippen LogP contribution in [0.4, 0.5) is 14.6 Å². The van der Waals surface area contributed by atoms with Crippen molar-refractivity contribution in [1.29, 1.82) is 0 Å². The summed E-state index contributed by atoms with van der Waals surface area (Å²) in [5, 5.41) is 30.6. The van der Waals surface area contributed by atoms with Crippen LogP contribution >= 0.6 is 11.6 Å². The van der Waals surface area contributed by atoms with E-state index in [2.05, 4.69) is 37.1 Å². The minimum absolute atomic E-state index is 0.0329. The van der Waals surface area contributed by atoms with Gasteiger partial charge in [0.15, 0.2) is 11.3 Å². The summed E-state index contributed by atoms with van der Waals surface area (Å²) in [6.07, 6.45) is -0.184.